The predicted molar refractivity (Wildman–Crippen MR) is 64.9 cm³/mol. The number of nitrogens with two attached hydrogens (primary N) is 1. The summed E-state index contributed by atoms with van der Waals surface area (Å²) < 4.78 is 89.1. The minimum atomic E-state index is -5.67. The van der Waals surface area contributed by atoms with E-state index in [2.05, 4.69) is 4.74 Å². The normalized spacial score (nSPS) is 17.4. The molecule has 2 rings (SSSR count). The van der Waals surface area contributed by atoms with Crippen LogP contribution >= 0.6 is 0 Å². The van der Waals surface area contributed by atoms with Crippen molar-refractivity contribution in [1.29, 1.82) is 0 Å². The first-order valence-electron chi connectivity index (χ1n) is 6.29. The number of hydrogen-bond acceptors (Lipinski definition) is 3. The predicted octanol–water partition coefficient (Wildman–Crippen LogP) is 3.25. The fourth-order valence-corrected chi connectivity index (χ4v) is 2.08. The molecule has 1 aliphatic rings. The van der Waals surface area contributed by atoms with Gasteiger partial charge in [0.25, 0.3) is 5.60 Å². The van der Waals surface area contributed by atoms with Crippen LogP contribution in [0.2, 0.25) is 0 Å². The Bertz CT molecular complexity index is 493. The standard InChI is InChI=1S/C13H13F6NO2/c14-12(15,16)11(13(17,18)19,22-7-8-5-21-6-8)9-1-3-10(20)4-2-9/h1-4,8H,5-7,20H2. The van der Waals surface area contributed by atoms with E-state index in [1.165, 1.54) is 0 Å². The van der Waals surface area contributed by atoms with Crippen LogP contribution in [0.1, 0.15) is 5.56 Å². The van der Waals surface area contributed by atoms with Gasteiger partial charge in [0, 0.05) is 17.2 Å². The number of nitrogen functional groups attached to an aromatic ring is 1. The van der Waals surface area contributed by atoms with Gasteiger partial charge < -0.3 is 15.2 Å². The minimum absolute atomic E-state index is 0.0504. The monoisotopic (exact) mass is 329 g/mol. The zero-order chi connectivity index (χ0) is 16.6. The fourth-order valence-electron chi connectivity index (χ4n) is 2.08. The van der Waals surface area contributed by atoms with E-state index in [1.807, 2.05) is 0 Å². The molecule has 0 saturated carbocycles. The summed E-state index contributed by atoms with van der Waals surface area (Å²) in [6, 6.07) is 3.29. The Morgan fingerprint density at radius 1 is 1.00 bits per heavy atom. The molecule has 1 aromatic carbocycles. The van der Waals surface area contributed by atoms with Crippen LogP contribution in [0.4, 0.5) is 32.0 Å². The maximum absolute atomic E-state index is 13.3. The van der Waals surface area contributed by atoms with Gasteiger partial charge in [-0.25, -0.2) is 0 Å². The lowest BCUT2D eigenvalue weighted by Gasteiger charge is -2.39. The second kappa shape index (κ2) is 5.62. The van der Waals surface area contributed by atoms with Crippen LogP contribution in [-0.4, -0.2) is 32.2 Å². The fraction of sp³-hybridized carbons (Fsp3) is 0.538. The molecule has 1 aliphatic heterocycles. The van der Waals surface area contributed by atoms with Gasteiger partial charge in [-0.2, -0.15) is 26.3 Å². The van der Waals surface area contributed by atoms with E-state index in [0.717, 1.165) is 12.1 Å². The first kappa shape index (κ1) is 16.9. The number of anilines is 1. The number of benzene rings is 1. The van der Waals surface area contributed by atoms with E-state index in [1.54, 1.807) is 0 Å². The Morgan fingerprint density at radius 3 is 1.86 bits per heavy atom. The summed E-state index contributed by atoms with van der Waals surface area (Å²) in [5.41, 5.74) is -0.0680. The highest BCUT2D eigenvalue weighted by atomic mass is 19.4. The third-order valence-electron chi connectivity index (χ3n) is 3.36. The lowest BCUT2D eigenvalue weighted by molar-refractivity contribution is -0.393. The van der Waals surface area contributed by atoms with Gasteiger partial charge in [0.05, 0.1) is 19.8 Å². The van der Waals surface area contributed by atoms with Crippen LogP contribution in [-0.2, 0) is 15.1 Å². The van der Waals surface area contributed by atoms with Crippen LogP contribution in [0.15, 0.2) is 24.3 Å². The lowest BCUT2D eigenvalue weighted by atomic mass is 9.91. The van der Waals surface area contributed by atoms with Gasteiger partial charge in [-0.15, -0.1) is 0 Å². The second-order valence-electron chi connectivity index (χ2n) is 5.01. The highest BCUT2D eigenvalue weighted by Gasteiger charge is 2.73. The van der Waals surface area contributed by atoms with Gasteiger partial charge in [-0.1, -0.05) is 12.1 Å². The average Bonchev–Trinajstić information content (AvgIpc) is 2.30. The Labute approximate surface area is 122 Å². The Balaban J connectivity index is 2.46. The molecule has 1 aromatic rings. The van der Waals surface area contributed by atoms with Crippen molar-refractivity contribution >= 4 is 5.69 Å². The molecule has 2 N–H and O–H groups in total. The number of alkyl halides is 6. The summed E-state index contributed by atoms with van der Waals surface area (Å²) in [5.74, 6) is -0.488. The highest BCUT2D eigenvalue weighted by Crippen LogP contribution is 2.53. The highest BCUT2D eigenvalue weighted by molar-refractivity contribution is 5.42. The summed E-state index contributed by atoms with van der Waals surface area (Å²) >= 11 is 0. The van der Waals surface area contributed by atoms with E-state index in [0.29, 0.717) is 12.1 Å². The Hall–Kier alpha value is -1.48. The first-order chi connectivity index (χ1) is 10.1. The van der Waals surface area contributed by atoms with E-state index in [4.69, 9.17) is 10.5 Å². The molecule has 0 aromatic heterocycles. The van der Waals surface area contributed by atoms with Crippen LogP contribution < -0.4 is 5.73 Å². The molecule has 0 aliphatic carbocycles. The Morgan fingerprint density at radius 2 is 1.50 bits per heavy atom. The van der Waals surface area contributed by atoms with E-state index < -0.39 is 36.0 Å². The van der Waals surface area contributed by atoms with E-state index in [-0.39, 0.29) is 18.9 Å². The molecular weight excluding hydrogens is 316 g/mol. The van der Waals surface area contributed by atoms with Crippen molar-refractivity contribution < 1.29 is 35.8 Å². The quantitative estimate of drug-likeness (QED) is 0.681. The maximum atomic E-state index is 13.3. The SMILES string of the molecule is Nc1ccc(C(OCC2COC2)(C(F)(F)F)C(F)(F)F)cc1. The molecule has 0 spiro atoms. The van der Waals surface area contributed by atoms with Crippen molar-refractivity contribution in [3.8, 4) is 0 Å². The Kier molecular flexibility index (Phi) is 4.31. The molecule has 0 unspecified atom stereocenters. The number of hydrogen-bond donors (Lipinski definition) is 1. The lowest BCUT2D eigenvalue weighted by Crippen LogP contribution is -2.57. The molecule has 124 valence electrons. The van der Waals surface area contributed by atoms with Crippen molar-refractivity contribution in [3.63, 3.8) is 0 Å². The van der Waals surface area contributed by atoms with Crippen LogP contribution in [0.3, 0.4) is 0 Å². The third-order valence-corrected chi connectivity index (χ3v) is 3.36. The van der Waals surface area contributed by atoms with Crippen molar-refractivity contribution in [2.45, 2.75) is 18.0 Å². The van der Waals surface area contributed by atoms with E-state index in [9.17, 15) is 26.3 Å². The van der Waals surface area contributed by atoms with Crippen molar-refractivity contribution in [2.24, 2.45) is 5.92 Å². The molecule has 0 radical (unpaired) electrons. The topological polar surface area (TPSA) is 44.5 Å². The molecule has 1 saturated heterocycles. The smallest absolute Gasteiger partial charge is 0.399 e. The molecule has 0 amide bonds. The molecule has 9 heteroatoms. The minimum Gasteiger partial charge on any atom is -0.399 e. The summed E-state index contributed by atoms with van der Waals surface area (Å²) in [6.07, 6.45) is -11.3. The summed E-state index contributed by atoms with van der Waals surface area (Å²) in [5, 5.41) is 0. The summed E-state index contributed by atoms with van der Waals surface area (Å²) in [7, 11) is 0. The summed E-state index contributed by atoms with van der Waals surface area (Å²) in [6.45, 7) is -0.551. The van der Waals surface area contributed by atoms with Crippen LogP contribution in [0.5, 0.6) is 0 Å². The van der Waals surface area contributed by atoms with Crippen molar-refractivity contribution in [2.75, 3.05) is 25.6 Å². The molecule has 0 atom stereocenters. The van der Waals surface area contributed by atoms with Crippen molar-refractivity contribution in [1.82, 2.24) is 0 Å². The largest absolute Gasteiger partial charge is 0.430 e. The van der Waals surface area contributed by atoms with Crippen LogP contribution in [0.25, 0.3) is 0 Å². The van der Waals surface area contributed by atoms with Gasteiger partial charge in [-0.05, 0) is 12.1 Å². The number of ether oxygens (including phenoxy) is 2. The summed E-state index contributed by atoms with van der Waals surface area (Å²) in [4.78, 5) is 0. The maximum Gasteiger partial charge on any atom is 0.430 e. The molecule has 3 nitrogen and oxygen atoms in total. The zero-order valence-corrected chi connectivity index (χ0v) is 11.2. The second-order valence-corrected chi connectivity index (χ2v) is 5.01. The molecular formula is C13H13F6NO2. The molecule has 1 heterocycles. The van der Waals surface area contributed by atoms with Gasteiger partial charge in [0.15, 0.2) is 0 Å². The number of rotatable bonds is 4. The number of halogens is 6. The van der Waals surface area contributed by atoms with Gasteiger partial charge in [0.2, 0.25) is 0 Å². The van der Waals surface area contributed by atoms with Crippen molar-refractivity contribution in [3.05, 3.63) is 29.8 Å². The van der Waals surface area contributed by atoms with Gasteiger partial charge >= 0.3 is 12.4 Å². The first-order valence-corrected chi connectivity index (χ1v) is 6.29. The van der Waals surface area contributed by atoms with Gasteiger partial charge in [0.1, 0.15) is 0 Å². The van der Waals surface area contributed by atoms with Crippen LogP contribution in [0, 0.1) is 5.92 Å². The molecule has 1 fully saturated rings. The molecule has 22 heavy (non-hydrogen) atoms. The third kappa shape index (κ3) is 2.87. The van der Waals surface area contributed by atoms with E-state index >= 15 is 0 Å². The van der Waals surface area contributed by atoms with Gasteiger partial charge in [-0.3, -0.25) is 0 Å². The molecule has 0 bridgehead atoms. The average molecular weight is 329 g/mol. The zero-order valence-electron chi connectivity index (χ0n) is 11.2.